The molecule has 0 aliphatic carbocycles. The van der Waals surface area contributed by atoms with Crippen LogP contribution in [0.25, 0.3) is 22.0 Å². The molecule has 1 aliphatic rings. The molecule has 5 aromatic rings. The molecular weight excluding hydrogens is 598 g/mol. The van der Waals surface area contributed by atoms with Crippen molar-refractivity contribution in [3.05, 3.63) is 83.1 Å². The number of amides is 1. The molecule has 2 N–H and O–H groups in total. The Morgan fingerprint density at radius 1 is 1.04 bits per heavy atom. The molecule has 0 radical (unpaired) electrons. The minimum absolute atomic E-state index is 0.000473. The van der Waals surface area contributed by atoms with Gasteiger partial charge in [-0.1, -0.05) is 24.3 Å². The second-order valence-electron chi connectivity index (χ2n) is 12.5. The standard InChI is InChI=1S/C35H39N7O3S/c1-22-13-14-25-26(10-6-12-28(25)39-23(2)30-20-46-21-38-30)31(22)44-32-27(11-7-16-36-32)29-15-17-37-33(41-29)40-24-9-8-18-42(19-24)34(43)45-35(3,4)5/h6-7,10-17,20-21,23-24,39H,8-9,18-19H2,1-5H3,(H,37,40,41)/t23?,24-/m0/s1. The fourth-order valence-electron chi connectivity index (χ4n) is 5.56. The van der Waals surface area contributed by atoms with Crippen LogP contribution in [0.4, 0.5) is 16.4 Å². The molecule has 0 saturated carbocycles. The third-order valence-corrected chi connectivity index (χ3v) is 8.39. The van der Waals surface area contributed by atoms with Gasteiger partial charge in [-0.3, -0.25) is 0 Å². The maximum atomic E-state index is 12.7. The lowest BCUT2D eigenvalue weighted by atomic mass is 10.0. The molecule has 1 fully saturated rings. The lowest BCUT2D eigenvalue weighted by Crippen LogP contribution is -2.47. The topological polar surface area (TPSA) is 114 Å². The molecule has 10 nitrogen and oxygen atoms in total. The Kier molecular flexibility index (Phi) is 9.03. The van der Waals surface area contributed by atoms with Crippen LogP contribution in [-0.4, -0.2) is 55.7 Å². The number of hydrogen-bond acceptors (Lipinski definition) is 10. The summed E-state index contributed by atoms with van der Waals surface area (Å²) in [5.74, 6) is 1.67. The van der Waals surface area contributed by atoms with Crippen LogP contribution in [0.1, 0.15) is 57.8 Å². The van der Waals surface area contributed by atoms with Gasteiger partial charge in [-0.05, 0) is 77.3 Å². The summed E-state index contributed by atoms with van der Waals surface area (Å²) in [6.07, 6.45) is 4.90. The summed E-state index contributed by atoms with van der Waals surface area (Å²) in [6, 6.07) is 16.1. The molecule has 46 heavy (non-hydrogen) atoms. The van der Waals surface area contributed by atoms with E-state index < -0.39 is 5.60 Å². The highest BCUT2D eigenvalue weighted by atomic mass is 32.1. The van der Waals surface area contributed by atoms with Crippen LogP contribution >= 0.6 is 11.3 Å². The maximum Gasteiger partial charge on any atom is 0.410 e. The smallest absolute Gasteiger partial charge is 0.410 e. The number of aryl methyl sites for hydroxylation is 1. The van der Waals surface area contributed by atoms with Crippen LogP contribution in [0.3, 0.4) is 0 Å². The minimum Gasteiger partial charge on any atom is -0.444 e. The van der Waals surface area contributed by atoms with Crippen molar-refractivity contribution in [1.82, 2.24) is 24.8 Å². The summed E-state index contributed by atoms with van der Waals surface area (Å²) in [6.45, 7) is 11.0. The largest absolute Gasteiger partial charge is 0.444 e. The quantitative estimate of drug-likeness (QED) is 0.174. The highest BCUT2D eigenvalue weighted by Crippen LogP contribution is 2.39. The number of anilines is 2. The van der Waals surface area contributed by atoms with Crippen molar-refractivity contribution in [2.24, 2.45) is 0 Å². The number of benzene rings is 2. The van der Waals surface area contributed by atoms with Crippen LogP contribution < -0.4 is 15.4 Å². The first-order valence-electron chi connectivity index (χ1n) is 15.5. The van der Waals surface area contributed by atoms with E-state index >= 15 is 0 Å². The number of piperidine rings is 1. The number of likely N-dealkylation sites (tertiary alicyclic amines) is 1. The summed E-state index contributed by atoms with van der Waals surface area (Å²) in [5.41, 5.74) is 5.74. The monoisotopic (exact) mass is 637 g/mol. The number of ether oxygens (including phenoxy) is 2. The zero-order valence-electron chi connectivity index (χ0n) is 26.8. The molecule has 1 amide bonds. The number of carbonyl (C=O) groups is 1. The molecule has 4 heterocycles. The first-order chi connectivity index (χ1) is 22.1. The van der Waals surface area contributed by atoms with Gasteiger partial charge in [0.25, 0.3) is 0 Å². The molecule has 0 spiro atoms. The Morgan fingerprint density at radius 3 is 2.72 bits per heavy atom. The van der Waals surface area contributed by atoms with Crippen LogP contribution in [0.2, 0.25) is 0 Å². The van der Waals surface area contributed by atoms with Crippen LogP contribution in [0.5, 0.6) is 11.6 Å². The lowest BCUT2D eigenvalue weighted by Gasteiger charge is -2.34. The Bertz CT molecular complexity index is 1820. The molecule has 2 aromatic carbocycles. The molecule has 6 rings (SSSR count). The van der Waals surface area contributed by atoms with Crippen LogP contribution in [-0.2, 0) is 4.74 Å². The maximum absolute atomic E-state index is 12.7. The summed E-state index contributed by atoms with van der Waals surface area (Å²) >= 11 is 1.59. The fourth-order valence-corrected chi connectivity index (χ4v) is 6.20. The number of aromatic nitrogens is 4. The van der Waals surface area contributed by atoms with Crippen molar-refractivity contribution in [1.29, 1.82) is 0 Å². The number of pyridine rings is 1. The first kappa shape index (κ1) is 31.2. The van der Waals surface area contributed by atoms with Gasteiger partial charge in [0.2, 0.25) is 11.8 Å². The van der Waals surface area contributed by atoms with E-state index in [0.717, 1.165) is 51.9 Å². The van der Waals surface area contributed by atoms with E-state index in [4.69, 9.17) is 14.5 Å². The number of nitrogens with zero attached hydrogens (tertiary/aromatic N) is 5. The van der Waals surface area contributed by atoms with Gasteiger partial charge in [-0.15, -0.1) is 11.3 Å². The fraction of sp³-hybridized carbons (Fsp3) is 0.343. The predicted octanol–water partition coefficient (Wildman–Crippen LogP) is 8.23. The van der Waals surface area contributed by atoms with Crippen molar-refractivity contribution in [2.75, 3.05) is 23.7 Å². The number of nitrogens with one attached hydrogen (secondary N) is 2. The molecule has 2 atom stereocenters. The molecule has 1 aliphatic heterocycles. The van der Waals surface area contributed by atoms with Crippen LogP contribution in [0, 0.1) is 6.92 Å². The van der Waals surface area contributed by atoms with Gasteiger partial charge < -0.3 is 25.0 Å². The number of rotatable bonds is 8. The average Bonchev–Trinajstić information content (AvgIpc) is 3.58. The van der Waals surface area contributed by atoms with E-state index in [0.29, 0.717) is 30.6 Å². The Labute approximate surface area is 273 Å². The summed E-state index contributed by atoms with van der Waals surface area (Å²) < 4.78 is 12.2. The summed E-state index contributed by atoms with van der Waals surface area (Å²) in [7, 11) is 0. The first-order valence-corrected chi connectivity index (χ1v) is 16.5. The highest BCUT2D eigenvalue weighted by Gasteiger charge is 2.28. The van der Waals surface area contributed by atoms with Crippen molar-refractivity contribution in [3.8, 4) is 22.9 Å². The second kappa shape index (κ2) is 13.3. The van der Waals surface area contributed by atoms with Crippen molar-refractivity contribution < 1.29 is 14.3 Å². The van der Waals surface area contributed by atoms with Gasteiger partial charge in [0, 0.05) is 53.4 Å². The van der Waals surface area contributed by atoms with E-state index in [1.165, 1.54) is 0 Å². The van der Waals surface area contributed by atoms with E-state index in [9.17, 15) is 4.79 Å². The van der Waals surface area contributed by atoms with E-state index in [2.05, 4.69) is 62.2 Å². The summed E-state index contributed by atoms with van der Waals surface area (Å²) in [5, 5.41) is 11.1. The van der Waals surface area contributed by atoms with Gasteiger partial charge in [-0.25, -0.2) is 24.7 Å². The van der Waals surface area contributed by atoms with E-state index in [1.54, 1.807) is 28.6 Å². The number of hydrogen-bond donors (Lipinski definition) is 2. The zero-order valence-corrected chi connectivity index (χ0v) is 27.6. The van der Waals surface area contributed by atoms with Crippen LogP contribution in [0.15, 0.2) is 71.8 Å². The normalized spacial score (nSPS) is 15.8. The lowest BCUT2D eigenvalue weighted by molar-refractivity contribution is 0.0206. The van der Waals surface area contributed by atoms with Gasteiger partial charge in [-0.2, -0.15) is 0 Å². The third-order valence-electron chi connectivity index (χ3n) is 7.78. The second-order valence-corrected chi connectivity index (χ2v) is 13.2. The Morgan fingerprint density at radius 2 is 1.91 bits per heavy atom. The van der Waals surface area contributed by atoms with E-state index in [-0.39, 0.29) is 18.2 Å². The number of fused-ring (bicyclic) bond motifs is 1. The Hall–Kier alpha value is -4.77. The average molecular weight is 638 g/mol. The molecule has 1 saturated heterocycles. The van der Waals surface area contributed by atoms with E-state index in [1.807, 2.05) is 57.5 Å². The number of thiazole rings is 1. The van der Waals surface area contributed by atoms with Gasteiger partial charge >= 0.3 is 6.09 Å². The molecule has 0 bridgehead atoms. The third kappa shape index (κ3) is 7.20. The predicted molar refractivity (Wildman–Crippen MR) is 183 cm³/mol. The van der Waals surface area contributed by atoms with Crippen molar-refractivity contribution >= 4 is 39.8 Å². The van der Waals surface area contributed by atoms with Crippen molar-refractivity contribution in [2.45, 2.75) is 65.1 Å². The van der Waals surface area contributed by atoms with Crippen molar-refractivity contribution in [3.63, 3.8) is 0 Å². The Balaban J connectivity index is 1.23. The SMILES string of the molecule is Cc1ccc2c(NC(C)c3cscn3)cccc2c1Oc1ncccc1-c1ccnc(N[C@H]2CCCN(C(=O)OC(C)(C)C)C2)n1. The zero-order chi connectivity index (χ0) is 32.3. The highest BCUT2D eigenvalue weighted by molar-refractivity contribution is 7.07. The molecule has 3 aromatic heterocycles. The van der Waals surface area contributed by atoms with Gasteiger partial charge in [0.05, 0.1) is 28.5 Å². The molecule has 238 valence electrons. The molecule has 1 unspecified atom stereocenters. The van der Waals surface area contributed by atoms with Gasteiger partial charge in [0.1, 0.15) is 11.4 Å². The summed E-state index contributed by atoms with van der Waals surface area (Å²) in [4.78, 5) is 32.8. The minimum atomic E-state index is -0.539. The molecule has 11 heteroatoms. The molecular formula is C35H39N7O3S. The number of carbonyl (C=O) groups excluding carboxylic acids is 1. The van der Waals surface area contributed by atoms with Gasteiger partial charge in [0.15, 0.2) is 0 Å².